The van der Waals surface area contributed by atoms with Gasteiger partial charge in [0.25, 0.3) is 0 Å². The molecular weight excluding hydrogens is 279 g/mol. The molecule has 0 aliphatic heterocycles. The molecule has 0 amide bonds. The maximum absolute atomic E-state index is 13.5. The Bertz CT molecular complexity index is 634. The molecule has 0 atom stereocenters. The van der Waals surface area contributed by atoms with Crippen LogP contribution in [0.25, 0.3) is 0 Å². The van der Waals surface area contributed by atoms with Gasteiger partial charge in [0.05, 0.1) is 18.4 Å². The molecule has 0 aliphatic rings. The molecule has 2 rings (SSSR count). The quantitative estimate of drug-likeness (QED) is 0.628. The first-order valence-corrected chi connectivity index (χ1v) is 6.84. The van der Waals surface area contributed by atoms with Gasteiger partial charge in [-0.2, -0.15) is 0 Å². The number of thiophene rings is 1. The predicted molar refractivity (Wildman–Crippen MR) is 74.5 cm³/mol. The lowest BCUT2D eigenvalue weighted by atomic mass is 10.1. The van der Waals surface area contributed by atoms with Crippen molar-refractivity contribution in [1.29, 1.82) is 0 Å². The van der Waals surface area contributed by atoms with E-state index < -0.39 is 0 Å². The van der Waals surface area contributed by atoms with Gasteiger partial charge in [-0.15, -0.1) is 11.3 Å². The molecule has 0 bridgehead atoms. The smallest absolute Gasteiger partial charge is 0.310 e. The van der Waals surface area contributed by atoms with Crippen molar-refractivity contribution in [2.24, 2.45) is 0 Å². The van der Waals surface area contributed by atoms with E-state index in [2.05, 4.69) is 4.74 Å². The van der Waals surface area contributed by atoms with Crippen molar-refractivity contribution in [3.63, 3.8) is 0 Å². The van der Waals surface area contributed by atoms with Crippen LogP contribution < -0.4 is 0 Å². The van der Waals surface area contributed by atoms with Crippen LogP contribution in [0.3, 0.4) is 0 Å². The third kappa shape index (κ3) is 3.51. The van der Waals surface area contributed by atoms with Crippen LogP contribution >= 0.6 is 11.3 Å². The molecule has 5 heteroatoms. The monoisotopic (exact) mass is 292 g/mol. The van der Waals surface area contributed by atoms with E-state index in [4.69, 9.17) is 0 Å². The van der Waals surface area contributed by atoms with E-state index in [1.54, 1.807) is 30.3 Å². The summed E-state index contributed by atoms with van der Waals surface area (Å²) in [6, 6.07) is 9.59. The summed E-state index contributed by atoms with van der Waals surface area (Å²) in [5, 5.41) is 0. The maximum Gasteiger partial charge on any atom is 0.310 e. The number of hydrogen-bond acceptors (Lipinski definition) is 4. The van der Waals surface area contributed by atoms with Gasteiger partial charge in [0.1, 0.15) is 5.82 Å². The van der Waals surface area contributed by atoms with Crippen LogP contribution in [0.4, 0.5) is 4.39 Å². The van der Waals surface area contributed by atoms with Crippen LogP contribution in [-0.2, 0) is 22.4 Å². The van der Waals surface area contributed by atoms with E-state index in [1.807, 2.05) is 0 Å². The lowest BCUT2D eigenvalue weighted by Gasteiger charge is -2.00. The van der Waals surface area contributed by atoms with Crippen molar-refractivity contribution in [3.8, 4) is 0 Å². The maximum atomic E-state index is 13.5. The topological polar surface area (TPSA) is 43.4 Å². The fourth-order valence-corrected chi connectivity index (χ4v) is 2.67. The van der Waals surface area contributed by atoms with Gasteiger partial charge < -0.3 is 4.74 Å². The number of hydrogen-bond donors (Lipinski definition) is 0. The Morgan fingerprint density at radius 1 is 1.15 bits per heavy atom. The molecule has 0 radical (unpaired) electrons. The minimum Gasteiger partial charge on any atom is -0.469 e. The summed E-state index contributed by atoms with van der Waals surface area (Å²) in [4.78, 5) is 24.5. The Balaban J connectivity index is 2.07. The number of benzene rings is 1. The summed E-state index contributed by atoms with van der Waals surface area (Å²) in [5.41, 5.74) is 0.375. The fourth-order valence-electron chi connectivity index (χ4n) is 1.74. The Labute approximate surface area is 120 Å². The van der Waals surface area contributed by atoms with E-state index >= 15 is 0 Å². The Kier molecular flexibility index (Phi) is 4.63. The van der Waals surface area contributed by atoms with Crippen molar-refractivity contribution in [3.05, 3.63) is 57.5 Å². The molecule has 0 saturated heterocycles. The van der Waals surface area contributed by atoms with Crippen molar-refractivity contribution >= 4 is 23.1 Å². The second kappa shape index (κ2) is 6.43. The number of methoxy groups -OCH3 is 1. The van der Waals surface area contributed by atoms with Gasteiger partial charge in [0.15, 0.2) is 5.78 Å². The minimum atomic E-state index is -0.382. The summed E-state index contributed by atoms with van der Waals surface area (Å²) in [7, 11) is 1.32. The SMILES string of the molecule is COC(=O)Cc1ccc(C(=O)Cc2ccccc2F)s1. The average Bonchev–Trinajstić information content (AvgIpc) is 2.89. The number of esters is 1. The second-order valence-electron chi connectivity index (χ2n) is 4.21. The van der Waals surface area contributed by atoms with Crippen LogP contribution in [0.15, 0.2) is 36.4 Å². The zero-order valence-electron chi connectivity index (χ0n) is 10.9. The number of rotatable bonds is 5. The van der Waals surface area contributed by atoms with Gasteiger partial charge in [-0.3, -0.25) is 9.59 Å². The molecule has 20 heavy (non-hydrogen) atoms. The summed E-state index contributed by atoms with van der Waals surface area (Å²) in [5.74, 6) is -0.886. The lowest BCUT2D eigenvalue weighted by Crippen LogP contribution is -2.03. The average molecular weight is 292 g/mol. The minimum absolute atomic E-state index is 0.0187. The zero-order valence-corrected chi connectivity index (χ0v) is 11.7. The number of ketones is 1. The highest BCUT2D eigenvalue weighted by molar-refractivity contribution is 7.14. The first-order valence-electron chi connectivity index (χ1n) is 6.02. The largest absolute Gasteiger partial charge is 0.469 e. The highest BCUT2D eigenvalue weighted by atomic mass is 32.1. The molecule has 0 aliphatic carbocycles. The van der Waals surface area contributed by atoms with E-state index in [1.165, 1.54) is 24.5 Å². The third-order valence-corrected chi connectivity index (χ3v) is 3.92. The molecule has 3 nitrogen and oxygen atoms in total. The van der Waals surface area contributed by atoms with E-state index in [0.29, 0.717) is 10.4 Å². The molecule has 104 valence electrons. The fraction of sp³-hybridized carbons (Fsp3) is 0.200. The third-order valence-electron chi connectivity index (χ3n) is 2.79. The Hall–Kier alpha value is -2.01. The van der Waals surface area contributed by atoms with Crippen LogP contribution in [-0.4, -0.2) is 18.9 Å². The predicted octanol–water partition coefficient (Wildman–Crippen LogP) is 3.03. The molecule has 0 saturated carbocycles. The molecule has 0 fully saturated rings. The van der Waals surface area contributed by atoms with Gasteiger partial charge in [0, 0.05) is 11.3 Å². The van der Waals surface area contributed by atoms with Crippen molar-refractivity contribution in [1.82, 2.24) is 0 Å². The molecular formula is C15H13FO3S. The molecule has 0 unspecified atom stereocenters. The standard InChI is InChI=1S/C15H13FO3S/c1-19-15(18)9-11-6-7-14(20-11)13(17)8-10-4-2-3-5-12(10)16/h2-7H,8-9H2,1H3. The molecule has 0 spiro atoms. The highest BCUT2D eigenvalue weighted by Gasteiger charge is 2.14. The van der Waals surface area contributed by atoms with Gasteiger partial charge in [0.2, 0.25) is 0 Å². The summed E-state index contributed by atoms with van der Waals surface area (Å²) >= 11 is 1.24. The van der Waals surface area contributed by atoms with Gasteiger partial charge in [-0.25, -0.2) is 4.39 Å². The summed E-state index contributed by atoms with van der Waals surface area (Å²) in [6.45, 7) is 0. The number of carbonyl (C=O) groups excluding carboxylic acids is 2. The Morgan fingerprint density at radius 2 is 1.90 bits per heavy atom. The van der Waals surface area contributed by atoms with Crippen molar-refractivity contribution in [2.75, 3.05) is 7.11 Å². The molecule has 1 heterocycles. The number of carbonyl (C=O) groups is 2. The van der Waals surface area contributed by atoms with Crippen LogP contribution in [0.5, 0.6) is 0 Å². The van der Waals surface area contributed by atoms with Crippen molar-refractivity contribution in [2.45, 2.75) is 12.8 Å². The van der Waals surface area contributed by atoms with E-state index in [-0.39, 0.29) is 30.4 Å². The summed E-state index contributed by atoms with van der Waals surface area (Å²) < 4.78 is 18.0. The van der Waals surface area contributed by atoms with Gasteiger partial charge in [-0.05, 0) is 23.8 Å². The normalized spacial score (nSPS) is 10.3. The second-order valence-corrected chi connectivity index (χ2v) is 5.38. The van der Waals surface area contributed by atoms with Gasteiger partial charge >= 0.3 is 5.97 Å². The molecule has 0 N–H and O–H groups in total. The first-order chi connectivity index (χ1) is 9.60. The van der Waals surface area contributed by atoms with E-state index in [0.717, 1.165) is 4.88 Å². The van der Waals surface area contributed by atoms with Crippen LogP contribution in [0.2, 0.25) is 0 Å². The Morgan fingerprint density at radius 3 is 2.60 bits per heavy atom. The molecule has 1 aromatic heterocycles. The molecule has 1 aromatic carbocycles. The zero-order chi connectivity index (χ0) is 14.5. The van der Waals surface area contributed by atoms with Crippen molar-refractivity contribution < 1.29 is 18.7 Å². The van der Waals surface area contributed by atoms with Crippen LogP contribution in [0.1, 0.15) is 20.1 Å². The van der Waals surface area contributed by atoms with Gasteiger partial charge in [-0.1, -0.05) is 18.2 Å². The highest BCUT2D eigenvalue weighted by Crippen LogP contribution is 2.20. The number of Topliss-reactive ketones (excluding diaryl/α,β-unsaturated/α-hetero) is 1. The van der Waals surface area contributed by atoms with Crippen LogP contribution in [0, 0.1) is 5.82 Å². The molecule has 2 aromatic rings. The number of halogens is 1. The first kappa shape index (κ1) is 14.4. The van der Waals surface area contributed by atoms with E-state index in [9.17, 15) is 14.0 Å². The number of ether oxygens (including phenoxy) is 1. The summed E-state index contributed by atoms with van der Waals surface area (Å²) in [6.07, 6.45) is 0.166. The lowest BCUT2D eigenvalue weighted by molar-refractivity contribution is -0.139.